The average Bonchev–Trinajstić information content (AvgIpc) is 3.26. The van der Waals surface area contributed by atoms with Crippen LogP contribution in [0.15, 0.2) is 48.9 Å². The molecule has 0 spiro atoms. The Morgan fingerprint density at radius 2 is 1.91 bits per heavy atom. The first-order chi connectivity index (χ1) is 15.2. The van der Waals surface area contributed by atoms with Crippen LogP contribution in [0, 0.1) is 6.92 Å². The average molecular weight is 449 g/mol. The summed E-state index contributed by atoms with van der Waals surface area (Å²) >= 11 is 0. The highest BCUT2D eigenvalue weighted by molar-refractivity contribution is 5.98. The highest BCUT2D eigenvalue weighted by Gasteiger charge is 2.31. The molecule has 2 heterocycles. The number of likely N-dealkylation sites (N-methyl/N-ethyl adjacent to an activating group) is 1. The molecule has 0 aliphatic heterocycles. The number of pyridine rings is 1. The lowest BCUT2D eigenvalue weighted by molar-refractivity contribution is -0.274. The standard InChI is InChI=1S/C21H22F3N5O3/c1-4-28(15(3)13-31-18-9-8-16(12-25-18)32-21(22,23)24)20(30)17-7-5-6-14(2)19(17)29-26-10-11-27-29/h5-12,15H,4,13H2,1-3H3/t15-/m0/s1. The summed E-state index contributed by atoms with van der Waals surface area (Å²) in [7, 11) is 0. The van der Waals surface area contributed by atoms with Gasteiger partial charge in [-0.2, -0.15) is 15.0 Å². The van der Waals surface area contributed by atoms with Crippen molar-refractivity contribution in [2.75, 3.05) is 13.2 Å². The Hall–Kier alpha value is -3.63. The highest BCUT2D eigenvalue weighted by Crippen LogP contribution is 2.24. The summed E-state index contributed by atoms with van der Waals surface area (Å²) in [5.74, 6) is -0.546. The Morgan fingerprint density at radius 3 is 2.50 bits per heavy atom. The van der Waals surface area contributed by atoms with E-state index in [2.05, 4.69) is 19.9 Å². The maximum atomic E-state index is 13.3. The second-order valence-corrected chi connectivity index (χ2v) is 6.92. The van der Waals surface area contributed by atoms with Crippen LogP contribution < -0.4 is 9.47 Å². The summed E-state index contributed by atoms with van der Waals surface area (Å²) in [4.78, 5) is 20.2. The lowest BCUT2D eigenvalue weighted by Crippen LogP contribution is -2.42. The fraction of sp³-hybridized carbons (Fsp3) is 0.333. The van der Waals surface area contributed by atoms with Crippen molar-refractivity contribution in [3.8, 4) is 17.3 Å². The summed E-state index contributed by atoms with van der Waals surface area (Å²) in [6.45, 7) is 6.03. The van der Waals surface area contributed by atoms with Crippen molar-refractivity contribution in [3.05, 3.63) is 60.0 Å². The topological polar surface area (TPSA) is 82.4 Å². The number of alkyl halides is 3. The normalized spacial score (nSPS) is 12.3. The van der Waals surface area contributed by atoms with E-state index in [0.717, 1.165) is 17.8 Å². The number of halogens is 3. The number of benzene rings is 1. The summed E-state index contributed by atoms with van der Waals surface area (Å²) in [6.07, 6.45) is -0.799. The maximum Gasteiger partial charge on any atom is 0.573 e. The first-order valence-corrected chi connectivity index (χ1v) is 9.81. The third-order valence-corrected chi connectivity index (χ3v) is 4.64. The summed E-state index contributed by atoms with van der Waals surface area (Å²) in [5, 5.41) is 8.29. The highest BCUT2D eigenvalue weighted by atomic mass is 19.4. The molecule has 1 amide bonds. The molecule has 0 unspecified atom stereocenters. The van der Waals surface area contributed by atoms with Gasteiger partial charge in [0.15, 0.2) is 0 Å². The van der Waals surface area contributed by atoms with Gasteiger partial charge in [-0.05, 0) is 38.5 Å². The molecule has 3 rings (SSSR count). The molecule has 0 aliphatic rings. The molecule has 8 nitrogen and oxygen atoms in total. The molecule has 0 radical (unpaired) electrons. The van der Waals surface area contributed by atoms with Crippen LogP contribution in [0.3, 0.4) is 0 Å². The van der Waals surface area contributed by atoms with Crippen molar-refractivity contribution < 1.29 is 27.4 Å². The number of nitrogens with zero attached hydrogens (tertiary/aromatic N) is 5. The molecule has 0 saturated heterocycles. The van der Waals surface area contributed by atoms with Crippen molar-refractivity contribution in [2.45, 2.75) is 33.2 Å². The molecule has 0 bridgehead atoms. The van der Waals surface area contributed by atoms with Gasteiger partial charge in [0.2, 0.25) is 5.88 Å². The number of carbonyl (C=O) groups excluding carboxylic acids is 1. The number of carbonyl (C=O) groups is 1. The van der Waals surface area contributed by atoms with E-state index in [-0.39, 0.29) is 24.4 Å². The van der Waals surface area contributed by atoms with Gasteiger partial charge in [-0.15, -0.1) is 13.2 Å². The van der Waals surface area contributed by atoms with Crippen molar-refractivity contribution in [2.24, 2.45) is 0 Å². The number of rotatable bonds is 8. The molecule has 0 aliphatic carbocycles. The molecule has 11 heteroatoms. The van der Waals surface area contributed by atoms with Gasteiger partial charge in [-0.3, -0.25) is 4.79 Å². The van der Waals surface area contributed by atoms with E-state index in [0.29, 0.717) is 17.8 Å². The summed E-state index contributed by atoms with van der Waals surface area (Å²) < 4.78 is 46.1. The Morgan fingerprint density at radius 1 is 1.19 bits per heavy atom. The quantitative estimate of drug-likeness (QED) is 0.520. The smallest absolute Gasteiger partial charge is 0.475 e. The molecule has 2 aromatic heterocycles. The van der Waals surface area contributed by atoms with Gasteiger partial charge in [-0.1, -0.05) is 12.1 Å². The van der Waals surface area contributed by atoms with Gasteiger partial charge >= 0.3 is 6.36 Å². The minimum absolute atomic E-state index is 0.0905. The first-order valence-electron chi connectivity index (χ1n) is 9.81. The Kier molecular flexibility index (Phi) is 6.96. The number of aromatic nitrogens is 4. The zero-order chi connectivity index (χ0) is 23.3. The molecule has 0 saturated carbocycles. The molecule has 1 atom stereocenters. The van der Waals surface area contributed by atoms with Gasteiger partial charge in [-0.25, -0.2) is 4.98 Å². The van der Waals surface area contributed by atoms with Gasteiger partial charge in [0.1, 0.15) is 18.0 Å². The first kappa shape index (κ1) is 23.0. The number of amides is 1. The molecule has 0 N–H and O–H groups in total. The van der Waals surface area contributed by atoms with E-state index in [1.54, 1.807) is 17.0 Å². The number of hydrogen-bond acceptors (Lipinski definition) is 6. The number of para-hydroxylation sites is 1. The lowest BCUT2D eigenvalue weighted by Gasteiger charge is -2.28. The van der Waals surface area contributed by atoms with E-state index < -0.39 is 12.1 Å². The molecule has 1 aromatic carbocycles. The van der Waals surface area contributed by atoms with Crippen LogP contribution in [-0.4, -0.2) is 56.3 Å². The molecule has 32 heavy (non-hydrogen) atoms. The van der Waals surface area contributed by atoms with Crippen LogP contribution in [0.5, 0.6) is 11.6 Å². The molecule has 170 valence electrons. The van der Waals surface area contributed by atoms with Gasteiger partial charge in [0.25, 0.3) is 5.91 Å². The zero-order valence-corrected chi connectivity index (χ0v) is 17.7. The molecule has 0 fully saturated rings. The van der Waals surface area contributed by atoms with Crippen LogP contribution in [0.4, 0.5) is 13.2 Å². The Bertz CT molecular complexity index is 1040. The Balaban J connectivity index is 1.71. The van der Waals surface area contributed by atoms with E-state index >= 15 is 0 Å². The predicted octanol–water partition coefficient (Wildman–Crippen LogP) is 3.80. The van der Waals surface area contributed by atoms with Gasteiger partial charge < -0.3 is 14.4 Å². The third-order valence-electron chi connectivity index (χ3n) is 4.64. The third kappa shape index (κ3) is 5.54. The van der Waals surface area contributed by atoms with E-state index in [4.69, 9.17) is 4.74 Å². The monoisotopic (exact) mass is 449 g/mol. The van der Waals surface area contributed by atoms with Crippen LogP contribution in [0.25, 0.3) is 5.69 Å². The maximum absolute atomic E-state index is 13.3. The van der Waals surface area contributed by atoms with E-state index in [1.165, 1.54) is 23.3 Å². The van der Waals surface area contributed by atoms with Gasteiger partial charge in [0.05, 0.1) is 30.2 Å². The largest absolute Gasteiger partial charge is 0.573 e. The summed E-state index contributed by atoms with van der Waals surface area (Å²) in [5.41, 5.74) is 1.88. The summed E-state index contributed by atoms with van der Waals surface area (Å²) in [6, 6.07) is 7.41. The molecular formula is C21H22F3N5O3. The molecular weight excluding hydrogens is 427 g/mol. The zero-order valence-electron chi connectivity index (χ0n) is 17.7. The number of hydrogen-bond donors (Lipinski definition) is 0. The van der Waals surface area contributed by atoms with Crippen molar-refractivity contribution in [3.63, 3.8) is 0 Å². The van der Waals surface area contributed by atoms with Gasteiger partial charge in [0, 0.05) is 12.6 Å². The minimum atomic E-state index is -4.79. The van der Waals surface area contributed by atoms with Crippen molar-refractivity contribution >= 4 is 5.91 Å². The fourth-order valence-corrected chi connectivity index (χ4v) is 3.18. The Labute approximate surface area is 182 Å². The second-order valence-electron chi connectivity index (χ2n) is 6.92. The van der Waals surface area contributed by atoms with Crippen LogP contribution >= 0.6 is 0 Å². The second kappa shape index (κ2) is 9.67. The SMILES string of the molecule is CCN(C(=O)c1cccc(C)c1-n1nccn1)[C@@H](C)COc1ccc(OC(F)(F)F)cn1. The number of aryl methyl sites for hydroxylation is 1. The van der Waals surface area contributed by atoms with Crippen molar-refractivity contribution in [1.29, 1.82) is 0 Å². The fourth-order valence-electron chi connectivity index (χ4n) is 3.18. The minimum Gasteiger partial charge on any atom is -0.475 e. The van der Waals surface area contributed by atoms with E-state index in [1.807, 2.05) is 26.8 Å². The lowest BCUT2D eigenvalue weighted by atomic mass is 10.1. The van der Waals surface area contributed by atoms with Crippen molar-refractivity contribution in [1.82, 2.24) is 24.9 Å². The van der Waals surface area contributed by atoms with Crippen LogP contribution in [-0.2, 0) is 0 Å². The number of ether oxygens (including phenoxy) is 2. The van der Waals surface area contributed by atoms with Crippen LogP contribution in [0.1, 0.15) is 29.8 Å². The molecule has 3 aromatic rings. The van der Waals surface area contributed by atoms with E-state index in [9.17, 15) is 18.0 Å². The van der Waals surface area contributed by atoms with Crippen LogP contribution in [0.2, 0.25) is 0 Å². The predicted molar refractivity (Wildman–Crippen MR) is 109 cm³/mol.